The molecule has 1 aromatic rings. The molecule has 1 unspecified atom stereocenters. The fraction of sp³-hybridized carbons (Fsp3) is 0.538. The highest BCUT2D eigenvalue weighted by atomic mass is 79.9. The Bertz CT molecular complexity index is 371. The molecule has 0 saturated carbocycles. The van der Waals surface area contributed by atoms with E-state index in [2.05, 4.69) is 15.9 Å². The predicted octanol–water partition coefficient (Wildman–Crippen LogP) is 2.07. The van der Waals surface area contributed by atoms with Gasteiger partial charge in [-0.05, 0) is 37.6 Å². The third kappa shape index (κ3) is 5.35. The number of aliphatic hydroxyl groups is 1. The molecule has 1 rings (SSSR count). The minimum absolute atomic E-state index is 0.108. The molecule has 0 radical (unpaired) electrons. The largest absolute Gasteiger partial charge is 0.491 e. The second-order valence-electron chi connectivity index (χ2n) is 4.30. The SMILES string of the molecule is CC(C)OCC(O)COc1ccc(Br)c(CN)c1. The van der Waals surface area contributed by atoms with Gasteiger partial charge in [0.2, 0.25) is 0 Å². The lowest BCUT2D eigenvalue weighted by molar-refractivity contribution is -0.0122. The molecule has 0 aliphatic rings. The predicted molar refractivity (Wildman–Crippen MR) is 74.6 cm³/mol. The number of halogens is 1. The summed E-state index contributed by atoms with van der Waals surface area (Å²) < 4.78 is 11.7. The van der Waals surface area contributed by atoms with E-state index in [0.29, 0.717) is 12.3 Å². The molecule has 0 heterocycles. The normalized spacial score (nSPS) is 12.8. The first-order valence-corrected chi connectivity index (χ1v) is 6.73. The molecule has 1 aromatic carbocycles. The van der Waals surface area contributed by atoms with Gasteiger partial charge in [0.1, 0.15) is 18.5 Å². The zero-order valence-corrected chi connectivity index (χ0v) is 12.3. The van der Waals surface area contributed by atoms with Crippen molar-refractivity contribution in [3.63, 3.8) is 0 Å². The maximum Gasteiger partial charge on any atom is 0.119 e. The highest BCUT2D eigenvalue weighted by Crippen LogP contribution is 2.22. The number of rotatable bonds is 7. The van der Waals surface area contributed by atoms with Crippen LogP contribution in [0.1, 0.15) is 19.4 Å². The van der Waals surface area contributed by atoms with Crippen LogP contribution in [0.2, 0.25) is 0 Å². The summed E-state index contributed by atoms with van der Waals surface area (Å²) in [6.45, 7) is 4.78. The molecule has 0 fully saturated rings. The van der Waals surface area contributed by atoms with Gasteiger partial charge in [0, 0.05) is 11.0 Å². The zero-order chi connectivity index (χ0) is 13.5. The van der Waals surface area contributed by atoms with Crippen molar-refractivity contribution in [2.24, 2.45) is 5.73 Å². The quantitative estimate of drug-likeness (QED) is 0.808. The van der Waals surface area contributed by atoms with Gasteiger partial charge in [0.25, 0.3) is 0 Å². The van der Waals surface area contributed by atoms with E-state index in [1.54, 1.807) is 0 Å². The Kier molecular flexibility index (Phi) is 6.63. The van der Waals surface area contributed by atoms with Crippen molar-refractivity contribution in [1.82, 2.24) is 0 Å². The van der Waals surface area contributed by atoms with Gasteiger partial charge in [0.05, 0.1) is 12.7 Å². The number of hydrogen-bond acceptors (Lipinski definition) is 4. The summed E-state index contributed by atoms with van der Waals surface area (Å²) in [6.07, 6.45) is -0.520. The average Bonchev–Trinajstić information content (AvgIpc) is 2.35. The van der Waals surface area contributed by atoms with Gasteiger partial charge in [-0.15, -0.1) is 0 Å². The Hall–Kier alpha value is -0.620. The summed E-state index contributed by atoms with van der Waals surface area (Å²) in [4.78, 5) is 0. The van der Waals surface area contributed by atoms with Gasteiger partial charge in [-0.1, -0.05) is 15.9 Å². The van der Waals surface area contributed by atoms with Crippen LogP contribution in [0, 0.1) is 0 Å². The van der Waals surface area contributed by atoms with Crippen molar-refractivity contribution >= 4 is 15.9 Å². The van der Waals surface area contributed by atoms with Crippen molar-refractivity contribution in [3.05, 3.63) is 28.2 Å². The standard InChI is InChI=1S/C13H20BrNO3/c1-9(2)17-7-11(16)8-18-12-3-4-13(14)10(5-12)6-15/h3-5,9,11,16H,6-8,15H2,1-2H3. The second-order valence-corrected chi connectivity index (χ2v) is 5.16. The lowest BCUT2D eigenvalue weighted by Gasteiger charge is -2.15. The Morgan fingerprint density at radius 2 is 2.06 bits per heavy atom. The van der Waals surface area contributed by atoms with Crippen molar-refractivity contribution in [1.29, 1.82) is 0 Å². The van der Waals surface area contributed by atoms with Crippen LogP contribution in [0.4, 0.5) is 0 Å². The summed E-state index contributed by atoms with van der Waals surface area (Å²) >= 11 is 3.41. The number of aliphatic hydroxyl groups excluding tert-OH is 1. The number of ether oxygens (including phenoxy) is 2. The Morgan fingerprint density at radius 1 is 1.33 bits per heavy atom. The second kappa shape index (κ2) is 7.74. The van der Waals surface area contributed by atoms with Gasteiger partial charge >= 0.3 is 0 Å². The maximum absolute atomic E-state index is 9.66. The minimum Gasteiger partial charge on any atom is -0.491 e. The first-order chi connectivity index (χ1) is 8.52. The summed E-state index contributed by atoms with van der Waals surface area (Å²) in [5.74, 6) is 0.697. The molecule has 0 aromatic heterocycles. The van der Waals surface area contributed by atoms with Crippen molar-refractivity contribution in [2.75, 3.05) is 13.2 Å². The van der Waals surface area contributed by atoms with E-state index >= 15 is 0 Å². The molecule has 0 bridgehead atoms. The third-order valence-corrected chi connectivity index (χ3v) is 3.08. The Balaban J connectivity index is 2.43. The Labute approximate surface area is 116 Å². The van der Waals surface area contributed by atoms with Crippen LogP contribution < -0.4 is 10.5 Å². The smallest absolute Gasteiger partial charge is 0.119 e. The van der Waals surface area contributed by atoms with Crippen molar-refractivity contribution in [3.8, 4) is 5.75 Å². The van der Waals surface area contributed by atoms with Gasteiger partial charge in [-0.2, -0.15) is 0 Å². The lowest BCUT2D eigenvalue weighted by Crippen LogP contribution is -2.25. The van der Waals surface area contributed by atoms with Crippen LogP contribution in [0.3, 0.4) is 0 Å². The zero-order valence-electron chi connectivity index (χ0n) is 10.7. The first-order valence-electron chi connectivity index (χ1n) is 5.94. The molecular formula is C13H20BrNO3. The summed E-state index contributed by atoms with van der Waals surface area (Å²) in [6, 6.07) is 5.58. The lowest BCUT2D eigenvalue weighted by atomic mass is 10.2. The fourth-order valence-electron chi connectivity index (χ4n) is 1.34. The highest BCUT2D eigenvalue weighted by Gasteiger charge is 2.08. The highest BCUT2D eigenvalue weighted by molar-refractivity contribution is 9.10. The molecule has 0 aliphatic heterocycles. The van der Waals surface area contributed by atoms with E-state index in [1.807, 2.05) is 32.0 Å². The van der Waals surface area contributed by atoms with Crippen LogP contribution in [-0.4, -0.2) is 30.5 Å². The van der Waals surface area contributed by atoms with E-state index in [1.165, 1.54) is 0 Å². The maximum atomic E-state index is 9.66. The molecule has 1 atom stereocenters. The van der Waals surface area contributed by atoms with Gasteiger partial charge in [-0.3, -0.25) is 0 Å². The topological polar surface area (TPSA) is 64.7 Å². The molecular weight excluding hydrogens is 298 g/mol. The molecule has 0 aliphatic carbocycles. The average molecular weight is 318 g/mol. The van der Waals surface area contributed by atoms with E-state index < -0.39 is 6.10 Å². The summed E-state index contributed by atoms with van der Waals surface area (Å²) in [5.41, 5.74) is 6.57. The number of hydrogen-bond donors (Lipinski definition) is 2. The van der Waals surface area contributed by atoms with Gasteiger partial charge in [0.15, 0.2) is 0 Å². The van der Waals surface area contributed by atoms with E-state index in [0.717, 1.165) is 10.0 Å². The minimum atomic E-state index is -0.627. The molecule has 5 heteroatoms. The van der Waals surface area contributed by atoms with E-state index in [-0.39, 0.29) is 19.3 Å². The summed E-state index contributed by atoms with van der Waals surface area (Å²) in [5, 5.41) is 9.66. The van der Waals surface area contributed by atoms with Crippen molar-refractivity contribution in [2.45, 2.75) is 32.6 Å². The monoisotopic (exact) mass is 317 g/mol. The molecule has 102 valence electrons. The third-order valence-electron chi connectivity index (χ3n) is 2.30. The fourth-order valence-corrected chi connectivity index (χ4v) is 1.75. The molecule has 4 nitrogen and oxygen atoms in total. The summed E-state index contributed by atoms with van der Waals surface area (Å²) in [7, 11) is 0. The van der Waals surface area contributed by atoms with Crippen LogP contribution in [0.5, 0.6) is 5.75 Å². The van der Waals surface area contributed by atoms with Crippen LogP contribution in [0.15, 0.2) is 22.7 Å². The Morgan fingerprint density at radius 3 is 2.67 bits per heavy atom. The van der Waals surface area contributed by atoms with Crippen molar-refractivity contribution < 1.29 is 14.6 Å². The molecule has 3 N–H and O–H groups in total. The molecule has 0 saturated heterocycles. The number of benzene rings is 1. The van der Waals surface area contributed by atoms with Crippen LogP contribution in [0.25, 0.3) is 0 Å². The molecule has 0 spiro atoms. The first kappa shape index (κ1) is 15.4. The molecule has 18 heavy (non-hydrogen) atoms. The molecule has 0 amide bonds. The van der Waals surface area contributed by atoms with Crippen LogP contribution in [-0.2, 0) is 11.3 Å². The van der Waals surface area contributed by atoms with E-state index in [9.17, 15) is 5.11 Å². The van der Waals surface area contributed by atoms with Gasteiger partial charge in [-0.25, -0.2) is 0 Å². The van der Waals surface area contributed by atoms with Crippen LogP contribution >= 0.6 is 15.9 Å². The van der Waals surface area contributed by atoms with E-state index in [4.69, 9.17) is 15.2 Å². The number of nitrogens with two attached hydrogens (primary N) is 1. The van der Waals surface area contributed by atoms with Gasteiger partial charge < -0.3 is 20.3 Å².